The molecule has 2 aromatic carbocycles. The normalized spacial score (nSPS) is 16.7. The smallest absolute Gasteiger partial charge is 0.252 e. The number of amides is 1. The lowest BCUT2D eigenvalue weighted by Crippen LogP contribution is -2.56. The van der Waals surface area contributed by atoms with Crippen LogP contribution in [0.4, 0.5) is 5.69 Å². The molecule has 0 aromatic heterocycles. The van der Waals surface area contributed by atoms with Crippen LogP contribution in [-0.4, -0.2) is 32.1 Å². The maximum absolute atomic E-state index is 13.2. The molecule has 1 atom stereocenters. The van der Waals surface area contributed by atoms with Crippen LogP contribution in [0.15, 0.2) is 42.5 Å². The number of nitrogens with zero attached hydrogens (tertiary/aromatic N) is 1. The monoisotopic (exact) mass is 489 g/mol. The van der Waals surface area contributed by atoms with Gasteiger partial charge in [0, 0.05) is 31.4 Å². The van der Waals surface area contributed by atoms with Crippen LogP contribution in [0, 0.1) is 25.7 Å². The summed E-state index contributed by atoms with van der Waals surface area (Å²) >= 11 is 0. The van der Waals surface area contributed by atoms with E-state index in [1.54, 1.807) is 0 Å². The van der Waals surface area contributed by atoms with Crippen molar-refractivity contribution in [2.24, 2.45) is 11.8 Å². The van der Waals surface area contributed by atoms with E-state index < -0.39 is 0 Å². The Morgan fingerprint density at radius 1 is 1.11 bits per heavy atom. The summed E-state index contributed by atoms with van der Waals surface area (Å²) in [6.07, 6.45) is 10.3. The topological polar surface area (TPSA) is 44.4 Å². The van der Waals surface area contributed by atoms with Crippen LogP contribution >= 0.6 is 0 Å². The molecule has 4 nitrogen and oxygen atoms in total. The standard InChI is InChI=1S/C26H35N3O.C6H12/c1-17(2)10-13-23-18(3)8-7-9-24(23)20(5)28-26(30)25-14-21(12-11-19(25)4)29(6)22-15-27-16-22;1-2-6-4-3-5-6/h7-14,17,20,22,27H,15-16H2,1-6H3,(H,28,30);6H,2-5H2,1H3/b13-10-;. The van der Waals surface area contributed by atoms with Crippen molar-refractivity contribution in [3.8, 4) is 0 Å². The van der Waals surface area contributed by atoms with Crippen LogP contribution in [0.2, 0.25) is 0 Å². The van der Waals surface area contributed by atoms with Gasteiger partial charge in [-0.2, -0.15) is 0 Å². The summed E-state index contributed by atoms with van der Waals surface area (Å²) in [5.74, 6) is 1.57. The highest BCUT2D eigenvalue weighted by molar-refractivity contribution is 5.97. The van der Waals surface area contributed by atoms with E-state index in [9.17, 15) is 4.79 Å². The zero-order valence-corrected chi connectivity index (χ0v) is 23.5. The first-order valence-corrected chi connectivity index (χ1v) is 13.8. The maximum atomic E-state index is 13.2. The summed E-state index contributed by atoms with van der Waals surface area (Å²) in [5, 5.41) is 6.53. The Balaban J connectivity index is 0.000000526. The van der Waals surface area contributed by atoms with Crippen LogP contribution in [0.5, 0.6) is 0 Å². The minimum absolute atomic E-state index is 0.0257. The zero-order chi connectivity index (χ0) is 26.2. The number of carbonyl (C=O) groups is 1. The quantitative estimate of drug-likeness (QED) is 0.417. The highest BCUT2D eigenvalue weighted by Gasteiger charge is 2.23. The lowest BCUT2D eigenvalue weighted by molar-refractivity contribution is 0.0939. The molecule has 196 valence electrons. The fourth-order valence-corrected chi connectivity index (χ4v) is 4.68. The van der Waals surface area contributed by atoms with Crippen LogP contribution < -0.4 is 15.5 Å². The maximum Gasteiger partial charge on any atom is 0.252 e. The van der Waals surface area contributed by atoms with Gasteiger partial charge < -0.3 is 15.5 Å². The highest BCUT2D eigenvalue weighted by atomic mass is 16.1. The number of anilines is 1. The molecule has 0 spiro atoms. The Morgan fingerprint density at radius 3 is 2.36 bits per heavy atom. The van der Waals surface area contributed by atoms with E-state index in [0.29, 0.717) is 12.0 Å². The minimum atomic E-state index is -0.0826. The van der Waals surface area contributed by atoms with Gasteiger partial charge in [-0.25, -0.2) is 0 Å². The average Bonchev–Trinajstić information content (AvgIpc) is 2.76. The van der Waals surface area contributed by atoms with Gasteiger partial charge in [-0.3, -0.25) is 4.79 Å². The fraction of sp³-hybridized carbons (Fsp3) is 0.531. The van der Waals surface area contributed by atoms with Gasteiger partial charge in [-0.05, 0) is 67.0 Å². The second-order valence-electron chi connectivity index (χ2n) is 11.0. The summed E-state index contributed by atoms with van der Waals surface area (Å²) < 4.78 is 0. The molecule has 0 radical (unpaired) electrons. The molecule has 2 fully saturated rings. The van der Waals surface area contributed by atoms with Crippen molar-refractivity contribution in [3.63, 3.8) is 0 Å². The third-order valence-electron chi connectivity index (χ3n) is 7.80. The summed E-state index contributed by atoms with van der Waals surface area (Å²) in [5.41, 5.74) is 6.38. The lowest BCUT2D eigenvalue weighted by atomic mass is 9.84. The van der Waals surface area contributed by atoms with Crippen molar-refractivity contribution >= 4 is 17.7 Å². The minimum Gasteiger partial charge on any atom is -0.369 e. The van der Waals surface area contributed by atoms with Gasteiger partial charge in [0.1, 0.15) is 0 Å². The van der Waals surface area contributed by atoms with Crippen molar-refractivity contribution in [2.45, 2.75) is 79.3 Å². The van der Waals surface area contributed by atoms with Crippen LogP contribution in [0.3, 0.4) is 0 Å². The van der Waals surface area contributed by atoms with Crippen molar-refractivity contribution < 1.29 is 4.79 Å². The Kier molecular flexibility index (Phi) is 10.2. The summed E-state index contributed by atoms with van der Waals surface area (Å²) in [4.78, 5) is 15.4. The van der Waals surface area contributed by atoms with Crippen molar-refractivity contribution in [1.29, 1.82) is 0 Å². The summed E-state index contributed by atoms with van der Waals surface area (Å²) in [6.45, 7) is 14.8. The SMILES string of the molecule is CCC1CCC1.Cc1ccc(N(C)C2CNC2)cc1C(=O)NC(C)c1cccc(C)c1/C=C\C(C)C. The number of aryl methyl sites for hydroxylation is 2. The predicted octanol–water partition coefficient (Wildman–Crippen LogP) is 7.07. The molecule has 1 heterocycles. The molecular weight excluding hydrogens is 442 g/mol. The van der Waals surface area contributed by atoms with Gasteiger partial charge in [0.2, 0.25) is 0 Å². The van der Waals surface area contributed by atoms with E-state index in [0.717, 1.165) is 41.4 Å². The predicted molar refractivity (Wildman–Crippen MR) is 155 cm³/mol. The third kappa shape index (κ3) is 7.22. The van der Waals surface area contributed by atoms with Gasteiger partial charge in [-0.15, -0.1) is 0 Å². The molecular formula is C32H47N3O. The van der Waals surface area contributed by atoms with E-state index in [-0.39, 0.29) is 11.9 Å². The number of likely N-dealkylation sites (N-methyl/N-ethyl adjacent to an activating group) is 1. The van der Waals surface area contributed by atoms with Gasteiger partial charge in [0.15, 0.2) is 0 Å². The van der Waals surface area contributed by atoms with E-state index in [2.05, 4.69) is 93.6 Å². The molecule has 2 N–H and O–H groups in total. The van der Waals surface area contributed by atoms with Crippen molar-refractivity contribution in [2.75, 3.05) is 25.0 Å². The van der Waals surface area contributed by atoms with Crippen molar-refractivity contribution in [3.05, 3.63) is 70.3 Å². The summed E-state index contributed by atoms with van der Waals surface area (Å²) in [7, 11) is 2.10. The molecule has 4 rings (SSSR count). The Hall–Kier alpha value is -2.59. The second-order valence-corrected chi connectivity index (χ2v) is 11.0. The van der Waals surface area contributed by atoms with Gasteiger partial charge in [0.05, 0.1) is 12.1 Å². The molecule has 1 aliphatic carbocycles. The first-order chi connectivity index (χ1) is 17.2. The highest BCUT2D eigenvalue weighted by Crippen LogP contribution is 2.28. The third-order valence-corrected chi connectivity index (χ3v) is 7.80. The van der Waals surface area contributed by atoms with Crippen LogP contribution in [-0.2, 0) is 0 Å². The van der Waals surface area contributed by atoms with E-state index in [1.165, 1.54) is 36.8 Å². The molecule has 1 saturated heterocycles. The number of benzene rings is 2. The number of rotatable bonds is 8. The number of allylic oxidation sites excluding steroid dienone is 1. The molecule has 0 bridgehead atoms. The molecule has 36 heavy (non-hydrogen) atoms. The number of carbonyl (C=O) groups excluding carboxylic acids is 1. The fourth-order valence-electron chi connectivity index (χ4n) is 4.68. The van der Waals surface area contributed by atoms with Gasteiger partial charge >= 0.3 is 0 Å². The molecule has 2 aromatic rings. The Labute approximate surface area is 219 Å². The van der Waals surface area contributed by atoms with Crippen molar-refractivity contribution in [1.82, 2.24) is 10.6 Å². The molecule has 4 heteroatoms. The first-order valence-electron chi connectivity index (χ1n) is 13.8. The van der Waals surface area contributed by atoms with E-state index in [4.69, 9.17) is 0 Å². The van der Waals surface area contributed by atoms with Crippen LogP contribution in [0.25, 0.3) is 6.08 Å². The van der Waals surface area contributed by atoms with Gasteiger partial charge in [-0.1, -0.05) is 82.9 Å². The molecule has 1 amide bonds. The number of nitrogens with one attached hydrogen (secondary N) is 2. The first kappa shape index (κ1) is 28.0. The second kappa shape index (κ2) is 13.1. The number of hydrogen-bond donors (Lipinski definition) is 2. The molecule has 1 unspecified atom stereocenters. The molecule has 2 aliphatic rings. The van der Waals surface area contributed by atoms with E-state index in [1.807, 2.05) is 19.1 Å². The largest absolute Gasteiger partial charge is 0.369 e. The van der Waals surface area contributed by atoms with Gasteiger partial charge in [0.25, 0.3) is 5.91 Å². The summed E-state index contributed by atoms with van der Waals surface area (Å²) in [6, 6.07) is 12.9. The number of hydrogen-bond acceptors (Lipinski definition) is 3. The lowest BCUT2D eigenvalue weighted by Gasteiger charge is -2.37. The Bertz CT molecular complexity index is 1030. The Morgan fingerprint density at radius 2 is 1.83 bits per heavy atom. The van der Waals surface area contributed by atoms with Crippen LogP contribution in [0.1, 0.15) is 92.0 Å². The zero-order valence-electron chi connectivity index (χ0n) is 23.5. The molecule has 1 aliphatic heterocycles. The van der Waals surface area contributed by atoms with E-state index >= 15 is 0 Å². The average molecular weight is 490 g/mol. The molecule has 1 saturated carbocycles.